The van der Waals surface area contributed by atoms with E-state index in [0.29, 0.717) is 31.8 Å². The van der Waals surface area contributed by atoms with E-state index in [1.165, 1.54) is 7.11 Å². The van der Waals surface area contributed by atoms with Crippen molar-refractivity contribution in [1.82, 2.24) is 9.62 Å². The number of carbonyl (C=O) groups excluding carboxylic acids is 1. The van der Waals surface area contributed by atoms with Crippen molar-refractivity contribution in [1.29, 1.82) is 0 Å². The van der Waals surface area contributed by atoms with E-state index in [9.17, 15) is 13.2 Å². The highest BCUT2D eigenvalue weighted by Crippen LogP contribution is 2.33. The van der Waals surface area contributed by atoms with Crippen molar-refractivity contribution in [2.45, 2.75) is 43.8 Å². The Hall–Kier alpha value is -0.370. The summed E-state index contributed by atoms with van der Waals surface area (Å²) in [5.41, 5.74) is 0. The number of methoxy groups -OCH3 is 1. The van der Waals surface area contributed by atoms with Gasteiger partial charge in [-0.3, -0.25) is 4.79 Å². The van der Waals surface area contributed by atoms with E-state index < -0.39 is 21.2 Å². The second-order valence-electron chi connectivity index (χ2n) is 6.40. The number of ether oxygens (including phenoxy) is 1. The first kappa shape index (κ1) is 20.7. The number of rotatable bonds is 5. The van der Waals surface area contributed by atoms with Crippen molar-refractivity contribution in [3.8, 4) is 0 Å². The molecule has 0 amide bonds. The van der Waals surface area contributed by atoms with E-state index in [0.717, 1.165) is 32.2 Å². The number of sulfonamides is 1. The van der Waals surface area contributed by atoms with E-state index in [2.05, 4.69) is 5.32 Å². The Kier molecular flexibility index (Phi) is 8.27. The van der Waals surface area contributed by atoms with Crippen LogP contribution in [0.4, 0.5) is 0 Å². The zero-order valence-corrected chi connectivity index (χ0v) is 15.6. The van der Waals surface area contributed by atoms with Gasteiger partial charge in [0.15, 0.2) is 0 Å². The minimum absolute atomic E-state index is 0. The number of carbonyl (C=O) groups is 1. The van der Waals surface area contributed by atoms with Gasteiger partial charge in [-0.1, -0.05) is 12.8 Å². The third-order valence-corrected chi connectivity index (χ3v) is 7.43. The van der Waals surface area contributed by atoms with Crippen LogP contribution in [0.15, 0.2) is 0 Å². The standard InChI is InChI=1S/C15H28N2O4S.ClH/c1-16-11-12-7-9-17(10-8-12)22(19,20)14-6-4-3-5-13(14)15(18)21-2;/h12-14,16H,3-11H2,1-2H3;1H. The SMILES string of the molecule is CNCC1CCN(S(=O)(=O)C2CCCCC2C(=O)OC)CC1.Cl. The molecule has 1 N–H and O–H groups in total. The molecule has 2 fully saturated rings. The second-order valence-corrected chi connectivity index (χ2v) is 8.55. The lowest BCUT2D eigenvalue weighted by atomic mass is 9.89. The fourth-order valence-electron chi connectivity index (χ4n) is 3.72. The topological polar surface area (TPSA) is 75.7 Å². The van der Waals surface area contributed by atoms with Crippen LogP contribution in [0.5, 0.6) is 0 Å². The maximum Gasteiger partial charge on any atom is 0.310 e. The maximum atomic E-state index is 12.9. The van der Waals surface area contributed by atoms with Crippen LogP contribution < -0.4 is 5.32 Å². The minimum atomic E-state index is -3.42. The lowest BCUT2D eigenvalue weighted by Gasteiger charge is -2.37. The lowest BCUT2D eigenvalue weighted by molar-refractivity contribution is -0.146. The van der Waals surface area contributed by atoms with Gasteiger partial charge in [0.2, 0.25) is 10.0 Å². The van der Waals surface area contributed by atoms with Gasteiger partial charge in [0.05, 0.1) is 18.3 Å². The number of esters is 1. The molecule has 1 heterocycles. The van der Waals surface area contributed by atoms with Crippen molar-refractivity contribution < 1.29 is 17.9 Å². The van der Waals surface area contributed by atoms with Gasteiger partial charge in [0.1, 0.15) is 0 Å². The highest BCUT2D eigenvalue weighted by atomic mass is 35.5. The molecule has 136 valence electrons. The number of piperidine rings is 1. The summed E-state index contributed by atoms with van der Waals surface area (Å²) >= 11 is 0. The largest absolute Gasteiger partial charge is 0.469 e. The molecule has 2 atom stereocenters. The first-order chi connectivity index (χ1) is 10.5. The first-order valence-corrected chi connectivity index (χ1v) is 9.72. The number of nitrogens with one attached hydrogen (secondary N) is 1. The van der Waals surface area contributed by atoms with Crippen LogP contribution in [-0.2, 0) is 19.6 Å². The quantitative estimate of drug-likeness (QED) is 0.742. The predicted molar refractivity (Wildman–Crippen MR) is 92.2 cm³/mol. The summed E-state index contributed by atoms with van der Waals surface area (Å²) in [4.78, 5) is 11.9. The van der Waals surface area contributed by atoms with Crippen molar-refractivity contribution in [3.63, 3.8) is 0 Å². The van der Waals surface area contributed by atoms with Gasteiger partial charge in [0, 0.05) is 13.1 Å². The normalized spacial score (nSPS) is 27.2. The highest BCUT2D eigenvalue weighted by Gasteiger charge is 2.43. The molecule has 2 aliphatic rings. The predicted octanol–water partition coefficient (Wildman–Crippen LogP) is 1.40. The second kappa shape index (κ2) is 9.20. The number of hydrogen-bond acceptors (Lipinski definition) is 5. The van der Waals surface area contributed by atoms with Gasteiger partial charge >= 0.3 is 5.97 Å². The Morgan fingerprint density at radius 2 is 1.78 bits per heavy atom. The number of nitrogens with zero attached hydrogens (tertiary/aromatic N) is 1. The van der Waals surface area contributed by atoms with E-state index >= 15 is 0 Å². The Bertz CT molecular complexity index is 478. The van der Waals surface area contributed by atoms with Crippen molar-refractivity contribution in [2.24, 2.45) is 11.8 Å². The van der Waals surface area contributed by atoms with Crippen molar-refractivity contribution in [3.05, 3.63) is 0 Å². The Morgan fingerprint density at radius 1 is 1.17 bits per heavy atom. The molecule has 0 spiro atoms. The zero-order chi connectivity index (χ0) is 16.2. The van der Waals surface area contributed by atoms with Gasteiger partial charge in [-0.2, -0.15) is 0 Å². The smallest absolute Gasteiger partial charge is 0.310 e. The summed E-state index contributed by atoms with van der Waals surface area (Å²) in [5, 5.41) is 2.55. The summed E-state index contributed by atoms with van der Waals surface area (Å²) in [6, 6.07) is 0. The third-order valence-electron chi connectivity index (χ3n) is 5.02. The zero-order valence-electron chi connectivity index (χ0n) is 14.0. The first-order valence-electron chi connectivity index (χ1n) is 8.22. The van der Waals surface area contributed by atoms with Gasteiger partial charge in [-0.05, 0) is 45.2 Å². The molecule has 0 bridgehead atoms. The molecule has 0 radical (unpaired) electrons. The van der Waals surface area contributed by atoms with Crippen LogP contribution in [0.1, 0.15) is 38.5 Å². The molecular formula is C15H29ClN2O4S. The molecule has 1 aliphatic heterocycles. The van der Waals surface area contributed by atoms with Crippen molar-refractivity contribution >= 4 is 28.4 Å². The van der Waals surface area contributed by atoms with E-state index in [1.807, 2.05) is 7.05 Å². The van der Waals surface area contributed by atoms with Crippen LogP contribution in [-0.4, -0.2) is 57.7 Å². The summed E-state index contributed by atoms with van der Waals surface area (Å²) in [6.07, 6.45) is 4.72. The molecule has 8 heteroatoms. The summed E-state index contributed by atoms with van der Waals surface area (Å²) in [5.74, 6) is -0.337. The molecule has 2 unspecified atom stereocenters. The van der Waals surface area contributed by atoms with Crippen LogP contribution in [0, 0.1) is 11.8 Å². The van der Waals surface area contributed by atoms with E-state index in [-0.39, 0.29) is 18.4 Å². The molecule has 0 aromatic rings. The van der Waals surface area contributed by atoms with Crippen LogP contribution in [0.2, 0.25) is 0 Å². The average Bonchev–Trinajstić information content (AvgIpc) is 2.55. The van der Waals surface area contributed by atoms with Gasteiger partial charge in [-0.15, -0.1) is 12.4 Å². The molecule has 1 aliphatic carbocycles. The van der Waals surface area contributed by atoms with E-state index in [1.54, 1.807) is 4.31 Å². The van der Waals surface area contributed by atoms with Crippen LogP contribution in [0.3, 0.4) is 0 Å². The summed E-state index contributed by atoms with van der Waals surface area (Å²) in [7, 11) is -0.156. The van der Waals surface area contributed by atoms with E-state index in [4.69, 9.17) is 4.74 Å². The van der Waals surface area contributed by atoms with Gasteiger partial charge < -0.3 is 10.1 Å². The monoisotopic (exact) mass is 368 g/mol. The molecule has 0 aromatic carbocycles. The van der Waals surface area contributed by atoms with Crippen LogP contribution >= 0.6 is 12.4 Å². The highest BCUT2D eigenvalue weighted by molar-refractivity contribution is 7.89. The number of halogens is 1. The summed E-state index contributed by atoms with van der Waals surface area (Å²) in [6.45, 7) is 2.07. The molecule has 6 nitrogen and oxygen atoms in total. The molecule has 1 saturated carbocycles. The molecule has 23 heavy (non-hydrogen) atoms. The Labute approximate surface area is 145 Å². The lowest BCUT2D eigenvalue weighted by Crippen LogP contribution is -2.49. The molecule has 1 saturated heterocycles. The molecular weight excluding hydrogens is 340 g/mol. The average molecular weight is 369 g/mol. The third kappa shape index (κ3) is 4.81. The Morgan fingerprint density at radius 3 is 2.35 bits per heavy atom. The minimum Gasteiger partial charge on any atom is -0.469 e. The molecule has 2 rings (SSSR count). The van der Waals surface area contributed by atoms with Crippen LogP contribution in [0.25, 0.3) is 0 Å². The van der Waals surface area contributed by atoms with Gasteiger partial charge in [0.25, 0.3) is 0 Å². The molecule has 0 aromatic heterocycles. The van der Waals surface area contributed by atoms with Gasteiger partial charge in [-0.25, -0.2) is 12.7 Å². The van der Waals surface area contributed by atoms with Crippen molar-refractivity contribution in [2.75, 3.05) is 33.8 Å². The fourth-order valence-corrected chi connectivity index (χ4v) is 5.95. The number of hydrogen-bond donors (Lipinski definition) is 1. The summed E-state index contributed by atoms with van der Waals surface area (Å²) < 4.78 is 32.3. The fraction of sp³-hybridized carbons (Fsp3) is 0.933. The maximum absolute atomic E-state index is 12.9. The Balaban J connectivity index is 0.00000264.